The van der Waals surface area contributed by atoms with Crippen molar-refractivity contribution < 1.29 is 0 Å². The van der Waals surface area contributed by atoms with E-state index in [1.54, 1.807) is 0 Å². The number of hydrogen-bond donors (Lipinski definition) is 1. The Labute approximate surface area is 119 Å². The maximum atomic E-state index is 5.94. The molecule has 4 heteroatoms. The van der Waals surface area contributed by atoms with Gasteiger partial charge in [0.25, 0.3) is 0 Å². The molecule has 2 aromatic rings. The summed E-state index contributed by atoms with van der Waals surface area (Å²) < 4.78 is 0. The Morgan fingerprint density at radius 3 is 2.95 bits per heavy atom. The van der Waals surface area contributed by atoms with E-state index in [2.05, 4.69) is 46.1 Å². The Bertz CT molecular complexity index is 609. The molecule has 0 unspecified atom stereocenters. The Balaban J connectivity index is 2.01. The van der Waals surface area contributed by atoms with E-state index in [4.69, 9.17) is 5.73 Å². The minimum absolute atomic E-state index is 0.557. The lowest BCUT2D eigenvalue weighted by atomic mass is 10.0. The molecular weight excluding hydrogens is 248 g/mol. The molecule has 3 rings (SSSR count). The number of aryl methyl sites for hydroxylation is 2. The molecule has 0 atom stereocenters. The number of anilines is 3. The standard InChI is InChI=1S/C16H20N4/c1-2-6-15-18-14(17)11-16(19-15)20-10-5-8-12-7-3-4-9-13(12)20/h3-4,7,9,11H,2,5-6,8,10H2,1H3,(H2,17,18,19). The summed E-state index contributed by atoms with van der Waals surface area (Å²) in [5.74, 6) is 2.32. The first-order chi connectivity index (χ1) is 9.78. The Morgan fingerprint density at radius 1 is 1.25 bits per heavy atom. The zero-order chi connectivity index (χ0) is 13.9. The molecule has 4 nitrogen and oxygen atoms in total. The van der Waals surface area contributed by atoms with Crippen molar-refractivity contribution in [2.24, 2.45) is 0 Å². The summed E-state index contributed by atoms with van der Waals surface area (Å²) in [5, 5.41) is 0. The van der Waals surface area contributed by atoms with Gasteiger partial charge in [-0.05, 0) is 30.9 Å². The topological polar surface area (TPSA) is 55.0 Å². The number of para-hydroxylation sites is 1. The third kappa shape index (κ3) is 2.46. The minimum Gasteiger partial charge on any atom is -0.384 e. The summed E-state index contributed by atoms with van der Waals surface area (Å²) in [4.78, 5) is 11.3. The lowest BCUT2D eigenvalue weighted by Crippen LogP contribution is -2.26. The van der Waals surface area contributed by atoms with E-state index in [0.29, 0.717) is 5.82 Å². The fourth-order valence-corrected chi connectivity index (χ4v) is 2.75. The molecular formula is C16H20N4. The molecule has 2 heterocycles. The van der Waals surface area contributed by atoms with Gasteiger partial charge in [-0.25, -0.2) is 9.97 Å². The van der Waals surface area contributed by atoms with Gasteiger partial charge in [-0.1, -0.05) is 25.1 Å². The van der Waals surface area contributed by atoms with E-state index >= 15 is 0 Å². The van der Waals surface area contributed by atoms with Gasteiger partial charge in [0.15, 0.2) is 0 Å². The van der Waals surface area contributed by atoms with Gasteiger partial charge in [0, 0.05) is 24.7 Å². The van der Waals surface area contributed by atoms with Crippen LogP contribution in [0.15, 0.2) is 30.3 Å². The van der Waals surface area contributed by atoms with Crippen LogP contribution < -0.4 is 10.6 Å². The second-order valence-corrected chi connectivity index (χ2v) is 5.20. The van der Waals surface area contributed by atoms with Gasteiger partial charge >= 0.3 is 0 Å². The van der Waals surface area contributed by atoms with Crippen molar-refractivity contribution in [3.8, 4) is 0 Å². The van der Waals surface area contributed by atoms with Crippen LogP contribution in [0, 0.1) is 0 Å². The van der Waals surface area contributed by atoms with E-state index < -0.39 is 0 Å². The second-order valence-electron chi connectivity index (χ2n) is 5.20. The van der Waals surface area contributed by atoms with Crippen molar-refractivity contribution >= 4 is 17.3 Å². The third-order valence-electron chi connectivity index (χ3n) is 3.64. The first-order valence-corrected chi connectivity index (χ1v) is 7.27. The summed E-state index contributed by atoms with van der Waals surface area (Å²) in [6.45, 7) is 3.11. The Morgan fingerprint density at radius 2 is 2.10 bits per heavy atom. The van der Waals surface area contributed by atoms with Crippen molar-refractivity contribution in [1.82, 2.24) is 9.97 Å². The number of benzene rings is 1. The quantitative estimate of drug-likeness (QED) is 0.929. The number of nitrogens with two attached hydrogens (primary N) is 1. The second kappa shape index (κ2) is 5.49. The van der Waals surface area contributed by atoms with Gasteiger partial charge in [-0.2, -0.15) is 0 Å². The maximum Gasteiger partial charge on any atom is 0.138 e. The summed E-state index contributed by atoms with van der Waals surface area (Å²) >= 11 is 0. The molecule has 104 valence electrons. The van der Waals surface area contributed by atoms with Crippen LogP contribution in [-0.4, -0.2) is 16.5 Å². The fourth-order valence-electron chi connectivity index (χ4n) is 2.75. The van der Waals surface area contributed by atoms with E-state index in [1.165, 1.54) is 11.3 Å². The van der Waals surface area contributed by atoms with Gasteiger partial charge in [0.05, 0.1) is 0 Å². The van der Waals surface area contributed by atoms with Gasteiger partial charge < -0.3 is 10.6 Å². The van der Waals surface area contributed by atoms with Crippen molar-refractivity contribution in [3.05, 3.63) is 41.7 Å². The van der Waals surface area contributed by atoms with Crippen molar-refractivity contribution in [3.63, 3.8) is 0 Å². The molecule has 0 saturated carbocycles. The van der Waals surface area contributed by atoms with Crippen molar-refractivity contribution in [2.75, 3.05) is 17.2 Å². The third-order valence-corrected chi connectivity index (χ3v) is 3.64. The number of aromatic nitrogens is 2. The number of fused-ring (bicyclic) bond motifs is 1. The normalized spacial score (nSPS) is 14.2. The molecule has 2 N–H and O–H groups in total. The molecule has 0 amide bonds. The van der Waals surface area contributed by atoms with Crippen LogP contribution in [0.1, 0.15) is 31.2 Å². The van der Waals surface area contributed by atoms with Crippen molar-refractivity contribution in [2.45, 2.75) is 32.6 Å². The monoisotopic (exact) mass is 268 g/mol. The SMILES string of the molecule is CCCc1nc(N)cc(N2CCCc3ccccc32)n1. The Hall–Kier alpha value is -2.10. The first kappa shape index (κ1) is 12.9. The average Bonchev–Trinajstić information content (AvgIpc) is 2.46. The molecule has 0 aliphatic carbocycles. The highest BCUT2D eigenvalue weighted by atomic mass is 15.2. The predicted octanol–water partition coefficient (Wildman–Crippen LogP) is 3.10. The summed E-state index contributed by atoms with van der Waals surface area (Å²) in [7, 11) is 0. The van der Waals surface area contributed by atoms with Gasteiger partial charge in [-0.3, -0.25) is 0 Å². The summed E-state index contributed by atoms with van der Waals surface area (Å²) in [5.41, 5.74) is 8.57. The predicted molar refractivity (Wildman–Crippen MR) is 82.2 cm³/mol. The molecule has 20 heavy (non-hydrogen) atoms. The molecule has 1 aromatic carbocycles. The highest BCUT2D eigenvalue weighted by Gasteiger charge is 2.19. The fraction of sp³-hybridized carbons (Fsp3) is 0.375. The number of rotatable bonds is 3. The largest absolute Gasteiger partial charge is 0.384 e. The molecule has 0 fully saturated rings. The van der Waals surface area contributed by atoms with Gasteiger partial charge in [-0.15, -0.1) is 0 Å². The van der Waals surface area contributed by atoms with Crippen LogP contribution in [0.5, 0.6) is 0 Å². The summed E-state index contributed by atoms with van der Waals surface area (Å²) in [6.07, 6.45) is 4.17. The Kier molecular flexibility index (Phi) is 3.54. The van der Waals surface area contributed by atoms with Gasteiger partial charge in [0.2, 0.25) is 0 Å². The molecule has 1 aliphatic heterocycles. The zero-order valence-electron chi connectivity index (χ0n) is 11.8. The number of nitrogens with zero attached hydrogens (tertiary/aromatic N) is 3. The first-order valence-electron chi connectivity index (χ1n) is 7.27. The molecule has 0 bridgehead atoms. The van der Waals surface area contributed by atoms with Crippen LogP contribution in [0.4, 0.5) is 17.3 Å². The molecule has 0 radical (unpaired) electrons. The van der Waals surface area contributed by atoms with Crippen molar-refractivity contribution in [1.29, 1.82) is 0 Å². The molecule has 0 spiro atoms. The zero-order valence-corrected chi connectivity index (χ0v) is 11.8. The summed E-state index contributed by atoms with van der Waals surface area (Å²) in [6, 6.07) is 10.4. The van der Waals surface area contributed by atoms with E-state index in [0.717, 1.165) is 43.9 Å². The van der Waals surface area contributed by atoms with Crippen LogP contribution >= 0.6 is 0 Å². The number of nitrogen functional groups attached to an aromatic ring is 1. The van der Waals surface area contributed by atoms with E-state index in [-0.39, 0.29) is 0 Å². The highest BCUT2D eigenvalue weighted by molar-refractivity contribution is 5.66. The minimum atomic E-state index is 0.557. The molecule has 1 aromatic heterocycles. The lowest BCUT2D eigenvalue weighted by Gasteiger charge is -2.30. The smallest absolute Gasteiger partial charge is 0.138 e. The van der Waals surface area contributed by atoms with E-state index in [1.807, 2.05) is 6.07 Å². The lowest BCUT2D eigenvalue weighted by molar-refractivity contribution is 0.750. The van der Waals surface area contributed by atoms with Crippen LogP contribution in [-0.2, 0) is 12.8 Å². The van der Waals surface area contributed by atoms with Crippen LogP contribution in [0.25, 0.3) is 0 Å². The molecule has 0 saturated heterocycles. The molecule has 1 aliphatic rings. The number of hydrogen-bond acceptors (Lipinski definition) is 4. The van der Waals surface area contributed by atoms with Gasteiger partial charge in [0.1, 0.15) is 17.5 Å². The van der Waals surface area contributed by atoms with E-state index in [9.17, 15) is 0 Å². The van der Waals surface area contributed by atoms with Crippen LogP contribution in [0.3, 0.4) is 0 Å². The maximum absolute atomic E-state index is 5.94. The highest BCUT2D eigenvalue weighted by Crippen LogP contribution is 2.32. The van der Waals surface area contributed by atoms with Crippen LogP contribution in [0.2, 0.25) is 0 Å². The average molecular weight is 268 g/mol.